The third kappa shape index (κ3) is 22.6. The van der Waals surface area contributed by atoms with E-state index >= 15 is 0 Å². The van der Waals surface area contributed by atoms with E-state index < -0.39 is 0 Å². The Morgan fingerprint density at radius 1 is 1.00 bits per heavy atom. The lowest BCUT2D eigenvalue weighted by molar-refractivity contribution is 0.0295. The van der Waals surface area contributed by atoms with Gasteiger partial charge in [-0.1, -0.05) is 0 Å². The number of hydrogen-bond acceptors (Lipinski definition) is 5. The summed E-state index contributed by atoms with van der Waals surface area (Å²) in [5.41, 5.74) is 7.66. The van der Waals surface area contributed by atoms with Crippen LogP contribution in [-0.2, 0) is 14.3 Å². The first-order chi connectivity index (χ1) is 6.83. The summed E-state index contributed by atoms with van der Waals surface area (Å²) >= 11 is 0. The fraction of sp³-hybridized carbons (Fsp3) is 1.00. The van der Waals surface area contributed by atoms with Crippen LogP contribution in [-0.4, -0.2) is 39.7 Å². The van der Waals surface area contributed by atoms with Crippen LogP contribution in [0.3, 0.4) is 0 Å². The second-order valence-electron chi connectivity index (χ2n) is 2.18. The second kappa shape index (κ2) is 18.6. The lowest BCUT2D eigenvalue weighted by Gasteiger charge is -2.02. The first-order valence-corrected chi connectivity index (χ1v) is 5.03. The van der Waals surface area contributed by atoms with Crippen LogP contribution in [0.1, 0.15) is 20.8 Å². The van der Waals surface area contributed by atoms with Gasteiger partial charge >= 0.3 is 0 Å². The highest BCUT2D eigenvalue weighted by molar-refractivity contribution is 4.29. The number of hydroxylamine groups is 1. The van der Waals surface area contributed by atoms with Gasteiger partial charge in [-0.15, -0.1) is 0 Å². The molecule has 0 radical (unpaired) electrons. The fourth-order valence-electron chi connectivity index (χ4n) is 0.550. The number of rotatable bonds is 8. The summed E-state index contributed by atoms with van der Waals surface area (Å²) in [4.78, 5) is 4.85. The zero-order valence-corrected chi connectivity index (χ0v) is 9.54. The van der Waals surface area contributed by atoms with Gasteiger partial charge in [0.15, 0.2) is 0 Å². The molecule has 0 aliphatic carbocycles. The van der Waals surface area contributed by atoms with E-state index in [0.29, 0.717) is 13.3 Å². The van der Waals surface area contributed by atoms with Gasteiger partial charge in [-0.2, -0.15) is 0 Å². The fourth-order valence-corrected chi connectivity index (χ4v) is 0.550. The Kier molecular flexibility index (Phi) is 21.5. The van der Waals surface area contributed by atoms with Gasteiger partial charge in [0.2, 0.25) is 0 Å². The summed E-state index contributed by atoms with van der Waals surface area (Å²) in [6, 6.07) is 0. The van der Waals surface area contributed by atoms with Gasteiger partial charge in [-0.25, -0.2) is 5.48 Å². The van der Waals surface area contributed by atoms with Gasteiger partial charge < -0.3 is 20.0 Å². The summed E-state index contributed by atoms with van der Waals surface area (Å²) in [6.45, 7) is 9.84. The molecule has 0 saturated heterocycles. The average molecular weight is 208 g/mol. The van der Waals surface area contributed by atoms with Gasteiger partial charge in [0.25, 0.3) is 0 Å². The Morgan fingerprint density at radius 2 is 1.64 bits per heavy atom. The number of nitrogens with two attached hydrogens (primary N) is 1. The van der Waals surface area contributed by atoms with Crippen molar-refractivity contribution in [3.8, 4) is 0 Å². The second-order valence-corrected chi connectivity index (χ2v) is 2.18. The maximum atomic E-state index is 5.04. The molecule has 88 valence electrons. The smallest absolute Gasteiger partial charge is 0.0940 e. The van der Waals surface area contributed by atoms with Gasteiger partial charge in [0.1, 0.15) is 0 Å². The number of hydrogen-bond donors (Lipinski definition) is 2. The minimum Gasteiger partial charge on any atom is -0.380 e. The van der Waals surface area contributed by atoms with Crippen LogP contribution in [0, 0.1) is 0 Å². The Bertz CT molecular complexity index is 76.5. The van der Waals surface area contributed by atoms with E-state index in [1.54, 1.807) is 0 Å². The third-order valence-electron chi connectivity index (χ3n) is 1.12. The molecule has 0 unspecified atom stereocenters. The molecule has 0 rings (SSSR count). The van der Waals surface area contributed by atoms with Crippen molar-refractivity contribution in [3.63, 3.8) is 0 Å². The Labute approximate surface area is 86.8 Å². The molecule has 0 fully saturated rings. The average Bonchev–Trinajstić information content (AvgIpc) is 2.20. The van der Waals surface area contributed by atoms with Crippen LogP contribution in [0.15, 0.2) is 0 Å². The molecule has 0 aliphatic heterocycles. The predicted octanol–water partition coefficient (Wildman–Crippen LogP) is 0.503. The largest absolute Gasteiger partial charge is 0.380 e. The maximum absolute atomic E-state index is 5.04. The monoisotopic (exact) mass is 208 g/mol. The van der Waals surface area contributed by atoms with E-state index in [1.807, 2.05) is 20.8 Å². The molecule has 0 aromatic heterocycles. The zero-order chi connectivity index (χ0) is 11.1. The molecule has 0 aromatic carbocycles. The van der Waals surface area contributed by atoms with Crippen molar-refractivity contribution in [1.29, 1.82) is 0 Å². The Morgan fingerprint density at radius 3 is 2.00 bits per heavy atom. The molecule has 0 bridgehead atoms. The molecular formula is C9H24N2O3. The van der Waals surface area contributed by atoms with Crippen molar-refractivity contribution in [2.24, 2.45) is 5.73 Å². The minimum absolute atomic E-state index is 0.344. The van der Waals surface area contributed by atoms with Crippen LogP contribution in [0.5, 0.6) is 0 Å². The molecule has 14 heavy (non-hydrogen) atoms. The van der Waals surface area contributed by atoms with Gasteiger partial charge in [-0.3, -0.25) is 0 Å². The molecule has 0 spiro atoms. The highest BCUT2D eigenvalue weighted by Gasteiger charge is 1.82. The van der Waals surface area contributed by atoms with Crippen molar-refractivity contribution >= 4 is 0 Å². The lowest BCUT2D eigenvalue weighted by atomic mass is 10.7. The summed E-state index contributed by atoms with van der Waals surface area (Å²) in [5.74, 6) is 0. The van der Waals surface area contributed by atoms with E-state index in [0.717, 1.165) is 26.4 Å². The molecule has 0 aromatic rings. The summed E-state index contributed by atoms with van der Waals surface area (Å²) in [6.07, 6.45) is 0. The Balaban J connectivity index is 0. The van der Waals surface area contributed by atoms with Crippen LogP contribution in [0.25, 0.3) is 0 Å². The highest BCUT2D eigenvalue weighted by Crippen LogP contribution is 1.70. The van der Waals surface area contributed by atoms with E-state index in [1.165, 1.54) is 0 Å². The van der Waals surface area contributed by atoms with Crippen LogP contribution < -0.4 is 11.2 Å². The van der Waals surface area contributed by atoms with Crippen molar-refractivity contribution in [2.45, 2.75) is 20.8 Å². The first kappa shape index (κ1) is 16.2. The van der Waals surface area contributed by atoms with Crippen molar-refractivity contribution < 1.29 is 14.3 Å². The molecule has 5 nitrogen and oxygen atoms in total. The maximum Gasteiger partial charge on any atom is 0.0940 e. The third-order valence-corrected chi connectivity index (χ3v) is 1.12. The predicted molar refractivity (Wildman–Crippen MR) is 56.8 cm³/mol. The molecule has 0 atom stereocenters. The SMILES string of the molecule is CCOCCNOCC.CCOCN. The van der Waals surface area contributed by atoms with Crippen LogP contribution >= 0.6 is 0 Å². The number of nitrogens with one attached hydrogen (secondary N) is 1. The lowest BCUT2D eigenvalue weighted by Crippen LogP contribution is -2.19. The van der Waals surface area contributed by atoms with Gasteiger partial charge in [0, 0.05) is 19.8 Å². The van der Waals surface area contributed by atoms with Crippen molar-refractivity contribution in [3.05, 3.63) is 0 Å². The normalized spacial score (nSPS) is 9.43. The molecule has 0 saturated carbocycles. The first-order valence-electron chi connectivity index (χ1n) is 5.03. The van der Waals surface area contributed by atoms with Gasteiger partial charge in [-0.05, 0) is 20.8 Å². The molecule has 3 N–H and O–H groups in total. The van der Waals surface area contributed by atoms with Crippen molar-refractivity contribution in [2.75, 3.05) is 39.7 Å². The molecule has 0 heterocycles. The van der Waals surface area contributed by atoms with E-state index in [2.05, 4.69) is 10.2 Å². The van der Waals surface area contributed by atoms with Crippen LogP contribution in [0.4, 0.5) is 0 Å². The summed E-state index contributed by atoms with van der Waals surface area (Å²) in [5, 5.41) is 0. The number of ether oxygens (including phenoxy) is 2. The van der Waals surface area contributed by atoms with Gasteiger partial charge in [0.05, 0.1) is 19.9 Å². The molecule has 0 aliphatic rings. The minimum atomic E-state index is 0.344. The quantitative estimate of drug-likeness (QED) is 0.345. The van der Waals surface area contributed by atoms with Crippen molar-refractivity contribution in [1.82, 2.24) is 5.48 Å². The van der Waals surface area contributed by atoms with E-state index in [4.69, 9.17) is 15.3 Å². The zero-order valence-electron chi connectivity index (χ0n) is 9.54. The molecule has 0 amide bonds. The summed E-state index contributed by atoms with van der Waals surface area (Å²) < 4.78 is 9.65. The highest BCUT2D eigenvalue weighted by atomic mass is 16.6. The van der Waals surface area contributed by atoms with E-state index in [9.17, 15) is 0 Å². The summed E-state index contributed by atoms with van der Waals surface area (Å²) in [7, 11) is 0. The molecular weight excluding hydrogens is 184 g/mol. The topological polar surface area (TPSA) is 65.7 Å². The molecule has 5 heteroatoms. The van der Waals surface area contributed by atoms with Crippen LogP contribution in [0.2, 0.25) is 0 Å². The standard InChI is InChI=1S/C6H15NO2.C3H9NO/c1-3-8-6-5-7-9-4-2;1-2-5-3-4/h7H,3-6H2,1-2H3;2-4H2,1H3. The van der Waals surface area contributed by atoms with E-state index in [-0.39, 0.29) is 0 Å². The Hall–Kier alpha value is -0.200.